The summed E-state index contributed by atoms with van der Waals surface area (Å²) < 4.78 is 8.12. The van der Waals surface area contributed by atoms with Crippen molar-refractivity contribution in [2.75, 3.05) is 18.2 Å². The molecule has 0 radical (unpaired) electrons. The number of aromatic nitrogens is 5. The number of nitrogens with two attached hydrogens (primary N) is 1. The van der Waals surface area contributed by atoms with E-state index < -0.39 is 0 Å². The summed E-state index contributed by atoms with van der Waals surface area (Å²) in [6, 6.07) is 19.6. The van der Waals surface area contributed by atoms with Gasteiger partial charge in [0.05, 0.1) is 23.6 Å². The van der Waals surface area contributed by atoms with E-state index in [0.29, 0.717) is 17.6 Å². The van der Waals surface area contributed by atoms with Crippen LogP contribution in [-0.2, 0) is 9.53 Å². The normalized spacial score (nSPS) is 10.8. The Bertz CT molecular complexity index is 1140. The van der Waals surface area contributed by atoms with E-state index in [0.717, 1.165) is 22.5 Å². The maximum Gasteiger partial charge on any atom is 0.316 e. The molecule has 9 heteroatoms. The Morgan fingerprint density at radius 3 is 2.47 bits per heavy atom. The van der Waals surface area contributed by atoms with E-state index in [1.807, 2.05) is 66.9 Å². The maximum absolute atomic E-state index is 11.6. The predicted molar refractivity (Wildman–Crippen MR) is 116 cm³/mol. The Kier molecular flexibility index (Phi) is 5.80. The Balaban J connectivity index is 1.73. The smallest absolute Gasteiger partial charge is 0.316 e. The van der Waals surface area contributed by atoms with Gasteiger partial charge in [-0.2, -0.15) is 5.10 Å². The van der Waals surface area contributed by atoms with Gasteiger partial charge in [0.2, 0.25) is 5.16 Å². The molecule has 0 spiro atoms. The summed E-state index contributed by atoms with van der Waals surface area (Å²) in [6.07, 6.45) is 1.88. The molecule has 4 rings (SSSR count). The van der Waals surface area contributed by atoms with Crippen molar-refractivity contribution in [3.05, 3.63) is 66.9 Å². The molecule has 152 valence electrons. The average Bonchev–Trinajstić information content (AvgIpc) is 3.37. The molecule has 2 aromatic carbocycles. The first-order valence-electron chi connectivity index (χ1n) is 9.37. The minimum atomic E-state index is -0.325. The van der Waals surface area contributed by atoms with Gasteiger partial charge in [0, 0.05) is 11.8 Å². The van der Waals surface area contributed by atoms with Gasteiger partial charge in [-0.25, -0.2) is 9.36 Å². The zero-order valence-corrected chi connectivity index (χ0v) is 17.1. The molecule has 0 unspecified atom stereocenters. The summed E-state index contributed by atoms with van der Waals surface area (Å²) in [4.78, 5) is 11.6. The Morgan fingerprint density at radius 1 is 1.07 bits per heavy atom. The molecule has 0 aliphatic carbocycles. The number of esters is 1. The van der Waals surface area contributed by atoms with Crippen LogP contribution in [0.1, 0.15) is 6.92 Å². The minimum Gasteiger partial charge on any atom is -0.465 e. The summed E-state index contributed by atoms with van der Waals surface area (Å²) in [6.45, 7) is 2.10. The van der Waals surface area contributed by atoms with Gasteiger partial charge >= 0.3 is 5.97 Å². The highest BCUT2D eigenvalue weighted by Gasteiger charge is 2.21. The third-order valence-electron chi connectivity index (χ3n) is 4.31. The third kappa shape index (κ3) is 4.06. The number of benzene rings is 2. The van der Waals surface area contributed by atoms with E-state index in [1.54, 1.807) is 11.6 Å². The molecule has 0 fully saturated rings. The zero-order chi connectivity index (χ0) is 20.9. The van der Waals surface area contributed by atoms with E-state index in [4.69, 9.17) is 15.7 Å². The molecule has 30 heavy (non-hydrogen) atoms. The molecular formula is C21H20N6O2S. The maximum atomic E-state index is 11.6. The second kappa shape index (κ2) is 8.83. The number of carbonyl (C=O) groups is 1. The van der Waals surface area contributed by atoms with Gasteiger partial charge in [0.25, 0.3) is 0 Å². The second-order valence-corrected chi connectivity index (χ2v) is 7.25. The van der Waals surface area contributed by atoms with Crippen molar-refractivity contribution in [1.29, 1.82) is 0 Å². The molecule has 0 saturated heterocycles. The summed E-state index contributed by atoms with van der Waals surface area (Å²) >= 11 is 1.18. The molecule has 0 aliphatic heterocycles. The third-order valence-corrected chi connectivity index (χ3v) is 5.23. The monoisotopic (exact) mass is 420 g/mol. The molecule has 0 atom stereocenters. The summed E-state index contributed by atoms with van der Waals surface area (Å²) in [5.41, 5.74) is 3.33. The van der Waals surface area contributed by atoms with Crippen LogP contribution in [0.4, 0.5) is 0 Å². The molecular weight excluding hydrogens is 400 g/mol. The van der Waals surface area contributed by atoms with Gasteiger partial charge in [-0.15, -0.1) is 10.2 Å². The van der Waals surface area contributed by atoms with Gasteiger partial charge < -0.3 is 10.6 Å². The number of para-hydroxylation sites is 1. The number of nitrogen functional groups attached to an aromatic ring is 1. The quantitative estimate of drug-likeness (QED) is 0.278. The fraction of sp³-hybridized carbons (Fsp3) is 0.143. The summed E-state index contributed by atoms with van der Waals surface area (Å²) in [5.74, 6) is 6.52. The number of thioether (sulfide) groups is 1. The summed E-state index contributed by atoms with van der Waals surface area (Å²) in [5, 5.41) is 13.6. The van der Waals surface area contributed by atoms with E-state index in [-0.39, 0.29) is 11.7 Å². The van der Waals surface area contributed by atoms with Crippen LogP contribution in [0.2, 0.25) is 0 Å². The van der Waals surface area contributed by atoms with E-state index >= 15 is 0 Å². The Morgan fingerprint density at radius 2 is 1.77 bits per heavy atom. The zero-order valence-electron chi connectivity index (χ0n) is 16.3. The van der Waals surface area contributed by atoms with E-state index in [9.17, 15) is 4.79 Å². The van der Waals surface area contributed by atoms with Gasteiger partial charge in [0.1, 0.15) is 5.69 Å². The SMILES string of the molecule is CCOC(=O)CSc1nnc(-c2cn(-c3ccccc3)nc2-c2ccccc2)n1N. The van der Waals surface area contributed by atoms with Crippen molar-refractivity contribution in [3.63, 3.8) is 0 Å². The lowest BCUT2D eigenvalue weighted by Crippen LogP contribution is -2.13. The van der Waals surface area contributed by atoms with Gasteiger partial charge in [0.15, 0.2) is 5.82 Å². The number of hydrogen-bond donors (Lipinski definition) is 1. The van der Waals surface area contributed by atoms with Crippen molar-refractivity contribution in [2.24, 2.45) is 0 Å². The molecule has 8 nitrogen and oxygen atoms in total. The van der Waals surface area contributed by atoms with Crippen LogP contribution >= 0.6 is 11.8 Å². The van der Waals surface area contributed by atoms with E-state index in [2.05, 4.69) is 10.2 Å². The van der Waals surface area contributed by atoms with Crippen molar-refractivity contribution < 1.29 is 9.53 Å². The van der Waals surface area contributed by atoms with Crippen molar-refractivity contribution in [1.82, 2.24) is 24.7 Å². The van der Waals surface area contributed by atoms with Crippen LogP contribution in [0, 0.1) is 0 Å². The number of carbonyl (C=O) groups excluding carboxylic acids is 1. The molecule has 0 saturated carbocycles. The standard InChI is InChI=1S/C21H20N6O2S/c1-2-29-18(28)14-30-21-24-23-20(27(21)22)17-13-26(16-11-7-4-8-12-16)25-19(17)15-9-5-3-6-10-15/h3-13H,2,14,22H2,1H3. The number of hydrogen-bond acceptors (Lipinski definition) is 7. The van der Waals surface area contributed by atoms with Crippen LogP contribution in [-0.4, -0.2) is 43.0 Å². The highest BCUT2D eigenvalue weighted by molar-refractivity contribution is 7.99. The first-order chi connectivity index (χ1) is 14.7. The first-order valence-corrected chi connectivity index (χ1v) is 10.4. The fourth-order valence-electron chi connectivity index (χ4n) is 2.95. The van der Waals surface area contributed by atoms with Crippen molar-refractivity contribution >= 4 is 17.7 Å². The highest BCUT2D eigenvalue weighted by Crippen LogP contribution is 2.31. The van der Waals surface area contributed by atoms with E-state index in [1.165, 1.54) is 16.4 Å². The van der Waals surface area contributed by atoms with Crippen LogP contribution < -0.4 is 5.84 Å². The van der Waals surface area contributed by atoms with Crippen molar-refractivity contribution in [3.8, 4) is 28.3 Å². The number of rotatable bonds is 7. The number of nitrogens with zero attached hydrogens (tertiary/aromatic N) is 5. The highest BCUT2D eigenvalue weighted by atomic mass is 32.2. The second-order valence-electron chi connectivity index (χ2n) is 6.31. The summed E-state index contributed by atoms with van der Waals surface area (Å²) in [7, 11) is 0. The molecule has 0 aliphatic rings. The largest absolute Gasteiger partial charge is 0.465 e. The molecule has 0 bridgehead atoms. The first kappa shape index (κ1) is 19.7. The van der Waals surface area contributed by atoms with Crippen LogP contribution in [0.15, 0.2) is 72.0 Å². The van der Waals surface area contributed by atoms with Crippen LogP contribution in [0.5, 0.6) is 0 Å². The van der Waals surface area contributed by atoms with Gasteiger partial charge in [-0.05, 0) is 19.1 Å². The van der Waals surface area contributed by atoms with Crippen molar-refractivity contribution in [2.45, 2.75) is 12.1 Å². The van der Waals surface area contributed by atoms with Crippen LogP contribution in [0.3, 0.4) is 0 Å². The molecule has 2 aromatic heterocycles. The lowest BCUT2D eigenvalue weighted by molar-refractivity contribution is -0.139. The molecule has 2 N–H and O–H groups in total. The molecule has 2 heterocycles. The van der Waals surface area contributed by atoms with Gasteiger partial charge in [-0.3, -0.25) is 4.79 Å². The lowest BCUT2D eigenvalue weighted by atomic mass is 10.1. The van der Waals surface area contributed by atoms with Crippen LogP contribution in [0.25, 0.3) is 28.3 Å². The molecule has 4 aromatic rings. The molecule has 0 amide bonds. The minimum absolute atomic E-state index is 0.109. The average molecular weight is 420 g/mol. The Hall–Kier alpha value is -3.59. The van der Waals surface area contributed by atoms with Gasteiger partial charge in [-0.1, -0.05) is 60.3 Å². The number of ether oxygens (including phenoxy) is 1. The Labute approximate surface area is 177 Å². The topological polar surface area (TPSA) is 101 Å². The lowest BCUT2D eigenvalue weighted by Gasteiger charge is -2.04. The fourth-order valence-corrected chi connectivity index (χ4v) is 3.60. The predicted octanol–water partition coefficient (Wildman–Crippen LogP) is 3.17.